The van der Waals surface area contributed by atoms with Gasteiger partial charge in [0.1, 0.15) is 11.3 Å². The fourth-order valence-electron chi connectivity index (χ4n) is 3.21. The van der Waals surface area contributed by atoms with Gasteiger partial charge < -0.3 is 13.9 Å². The minimum Gasteiger partial charge on any atom is -0.467 e. The van der Waals surface area contributed by atoms with E-state index in [9.17, 15) is 9.59 Å². The second-order valence-corrected chi connectivity index (χ2v) is 7.10. The van der Waals surface area contributed by atoms with Gasteiger partial charge in [-0.3, -0.25) is 19.4 Å². The maximum absolute atomic E-state index is 13.2. The van der Waals surface area contributed by atoms with Crippen molar-refractivity contribution in [2.75, 3.05) is 13.3 Å². The molecule has 7 nitrogen and oxygen atoms in total. The first-order valence-corrected chi connectivity index (χ1v) is 9.80. The third-order valence-electron chi connectivity index (χ3n) is 4.75. The number of benzene rings is 1. The zero-order valence-electron chi connectivity index (χ0n) is 15.9. The predicted octanol–water partition coefficient (Wildman–Crippen LogP) is 3.35. The summed E-state index contributed by atoms with van der Waals surface area (Å²) in [5.74, 6) is 0.982. The Hall–Kier alpha value is -3.13. The van der Waals surface area contributed by atoms with Gasteiger partial charge >= 0.3 is 0 Å². The standard InChI is InChI=1S/C21H20N2O5S/c1-2-3-8-22-19(24)16(10-14-6-7-17-18(11-14)28-13-27-17)20(25)23(21(22)29)12-15-5-4-9-26-15/h4-7,9-11H,2-3,8,12-13H2,1H3. The Labute approximate surface area is 173 Å². The smallest absolute Gasteiger partial charge is 0.266 e. The first-order valence-electron chi connectivity index (χ1n) is 9.40. The molecule has 0 spiro atoms. The van der Waals surface area contributed by atoms with Crippen molar-refractivity contribution >= 4 is 35.2 Å². The molecule has 0 saturated carbocycles. The third kappa shape index (κ3) is 3.75. The summed E-state index contributed by atoms with van der Waals surface area (Å²) in [6.45, 7) is 2.81. The Balaban J connectivity index is 1.69. The van der Waals surface area contributed by atoms with E-state index in [-0.39, 0.29) is 29.9 Å². The van der Waals surface area contributed by atoms with Crippen molar-refractivity contribution in [2.45, 2.75) is 26.3 Å². The molecule has 2 amide bonds. The summed E-state index contributed by atoms with van der Waals surface area (Å²) < 4.78 is 16.1. The molecule has 1 fully saturated rings. The lowest BCUT2D eigenvalue weighted by Gasteiger charge is -2.36. The highest BCUT2D eigenvalue weighted by Gasteiger charge is 2.39. The topological polar surface area (TPSA) is 72.2 Å². The highest BCUT2D eigenvalue weighted by Crippen LogP contribution is 2.33. The van der Waals surface area contributed by atoms with Gasteiger partial charge in [-0.2, -0.15) is 0 Å². The normalized spacial score (nSPS) is 17.6. The van der Waals surface area contributed by atoms with Gasteiger partial charge in [0.05, 0.1) is 12.8 Å². The largest absolute Gasteiger partial charge is 0.467 e. The number of furan rings is 1. The summed E-state index contributed by atoms with van der Waals surface area (Å²) >= 11 is 5.48. The number of amides is 2. The van der Waals surface area contributed by atoms with E-state index in [0.717, 1.165) is 12.8 Å². The molecule has 0 radical (unpaired) electrons. The van der Waals surface area contributed by atoms with Crippen molar-refractivity contribution in [1.29, 1.82) is 0 Å². The lowest BCUT2D eigenvalue weighted by Crippen LogP contribution is -2.55. The van der Waals surface area contributed by atoms with Crippen molar-refractivity contribution in [3.8, 4) is 11.5 Å². The number of unbranched alkanes of at least 4 members (excludes halogenated alkanes) is 1. The lowest BCUT2D eigenvalue weighted by molar-refractivity contribution is -0.134. The number of hydrogen-bond donors (Lipinski definition) is 0. The predicted molar refractivity (Wildman–Crippen MR) is 109 cm³/mol. The zero-order valence-corrected chi connectivity index (χ0v) is 16.7. The first-order chi connectivity index (χ1) is 14.1. The van der Waals surface area contributed by atoms with E-state index in [0.29, 0.717) is 29.4 Å². The molecule has 0 unspecified atom stereocenters. The van der Waals surface area contributed by atoms with E-state index in [1.807, 2.05) is 6.92 Å². The minimum atomic E-state index is -0.443. The van der Waals surface area contributed by atoms with Crippen LogP contribution >= 0.6 is 12.2 Å². The van der Waals surface area contributed by atoms with Gasteiger partial charge in [-0.05, 0) is 54.5 Å². The Morgan fingerprint density at radius 2 is 1.90 bits per heavy atom. The molecule has 29 heavy (non-hydrogen) atoms. The van der Waals surface area contributed by atoms with E-state index in [2.05, 4.69) is 0 Å². The molecular formula is C21H20N2O5S. The molecule has 0 bridgehead atoms. The summed E-state index contributed by atoms with van der Waals surface area (Å²) in [7, 11) is 0. The van der Waals surface area contributed by atoms with Crippen LogP contribution in [0, 0.1) is 0 Å². The van der Waals surface area contributed by atoms with Crippen LogP contribution in [0.2, 0.25) is 0 Å². The second-order valence-electron chi connectivity index (χ2n) is 6.73. The molecule has 2 aromatic rings. The molecule has 0 atom stereocenters. The van der Waals surface area contributed by atoms with Crippen LogP contribution < -0.4 is 9.47 Å². The van der Waals surface area contributed by atoms with Crippen LogP contribution in [0.5, 0.6) is 11.5 Å². The monoisotopic (exact) mass is 412 g/mol. The summed E-state index contributed by atoms with van der Waals surface area (Å²) in [6.07, 6.45) is 4.80. The first kappa shape index (κ1) is 19.2. The van der Waals surface area contributed by atoms with E-state index in [4.69, 9.17) is 26.1 Å². The molecule has 0 N–H and O–H groups in total. The van der Waals surface area contributed by atoms with Crippen LogP contribution in [-0.2, 0) is 16.1 Å². The number of hydrogen-bond acceptors (Lipinski definition) is 6. The van der Waals surface area contributed by atoms with Gasteiger partial charge in [-0.1, -0.05) is 19.4 Å². The van der Waals surface area contributed by atoms with Crippen LogP contribution in [0.25, 0.3) is 6.08 Å². The maximum Gasteiger partial charge on any atom is 0.266 e. The Bertz CT molecular complexity index is 983. The van der Waals surface area contributed by atoms with E-state index in [1.165, 1.54) is 16.1 Å². The van der Waals surface area contributed by atoms with Crippen LogP contribution in [0.4, 0.5) is 0 Å². The van der Waals surface area contributed by atoms with Gasteiger partial charge in [0, 0.05) is 6.54 Å². The summed E-state index contributed by atoms with van der Waals surface area (Å²) in [4.78, 5) is 29.1. The highest BCUT2D eigenvalue weighted by molar-refractivity contribution is 7.80. The van der Waals surface area contributed by atoms with Crippen molar-refractivity contribution in [3.63, 3.8) is 0 Å². The average molecular weight is 412 g/mol. The molecule has 150 valence electrons. The molecule has 8 heteroatoms. The van der Waals surface area contributed by atoms with E-state index >= 15 is 0 Å². The zero-order chi connectivity index (χ0) is 20.4. The SMILES string of the molecule is CCCCN1C(=O)C(=Cc2ccc3c(c2)OCO3)C(=O)N(Cc2ccco2)C1=S. The molecular weight excluding hydrogens is 392 g/mol. The number of carbonyl (C=O) groups is 2. The second kappa shape index (κ2) is 8.08. The Morgan fingerprint density at radius 1 is 1.10 bits per heavy atom. The van der Waals surface area contributed by atoms with Crippen molar-refractivity contribution in [2.24, 2.45) is 0 Å². The van der Waals surface area contributed by atoms with Gasteiger partial charge in [-0.25, -0.2) is 0 Å². The summed E-state index contributed by atoms with van der Waals surface area (Å²) in [6, 6.07) is 8.80. The third-order valence-corrected chi connectivity index (χ3v) is 5.19. The molecule has 2 aliphatic rings. The molecule has 0 aliphatic carbocycles. The Morgan fingerprint density at radius 3 is 2.66 bits per heavy atom. The van der Waals surface area contributed by atoms with Crippen molar-refractivity contribution in [1.82, 2.24) is 9.80 Å². The van der Waals surface area contributed by atoms with Crippen LogP contribution in [-0.4, -0.2) is 40.1 Å². The highest BCUT2D eigenvalue weighted by atomic mass is 32.1. The number of nitrogens with zero attached hydrogens (tertiary/aromatic N) is 2. The van der Waals surface area contributed by atoms with E-state index in [1.54, 1.807) is 36.4 Å². The number of carbonyl (C=O) groups excluding carboxylic acids is 2. The van der Waals surface area contributed by atoms with Crippen LogP contribution in [0.3, 0.4) is 0 Å². The molecule has 2 aliphatic heterocycles. The summed E-state index contributed by atoms with van der Waals surface area (Å²) in [5, 5.41) is 0.202. The lowest BCUT2D eigenvalue weighted by atomic mass is 10.1. The number of rotatable bonds is 6. The van der Waals surface area contributed by atoms with Gasteiger partial charge in [0.2, 0.25) is 6.79 Å². The van der Waals surface area contributed by atoms with Gasteiger partial charge in [0.25, 0.3) is 11.8 Å². The molecule has 1 saturated heterocycles. The van der Waals surface area contributed by atoms with Crippen LogP contribution in [0.15, 0.2) is 46.6 Å². The molecule has 3 heterocycles. The fraction of sp³-hybridized carbons (Fsp3) is 0.286. The average Bonchev–Trinajstić information content (AvgIpc) is 3.40. The fourth-order valence-corrected chi connectivity index (χ4v) is 3.53. The van der Waals surface area contributed by atoms with Crippen molar-refractivity contribution in [3.05, 3.63) is 53.5 Å². The quantitative estimate of drug-likeness (QED) is 0.412. The van der Waals surface area contributed by atoms with Crippen molar-refractivity contribution < 1.29 is 23.5 Å². The summed E-state index contributed by atoms with van der Waals surface area (Å²) in [5.41, 5.74) is 0.729. The minimum absolute atomic E-state index is 0.0557. The molecule has 1 aromatic heterocycles. The number of thiocarbonyl (C=S) groups is 1. The van der Waals surface area contributed by atoms with Crippen LogP contribution in [0.1, 0.15) is 31.1 Å². The number of ether oxygens (including phenoxy) is 2. The number of fused-ring (bicyclic) bond motifs is 1. The maximum atomic E-state index is 13.2. The molecule has 1 aromatic carbocycles. The van der Waals surface area contributed by atoms with E-state index < -0.39 is 5.91 Å². The van der Waals surface area contributed by atoms with Gasteiger partial charge in [-0.15, -0.1) is 0 Å². The van der Waals surface area contributed by atoms with Gasteiger partial charge in [0.15, 0.2) is 16.6 Å². The Kier molecular flexibility index (Phi) is 5.35. The molecule has 4 rings (SSSR count).